The van der Waals surface area contributed by atoms with Gasteiger partial charge in [-0.15, -0.1) is 12.4 Å². The summed E-state index contributed by atoms with van der Waals surface area (Å²) < 4.78 is 0. The zero-order valence-electron chi connectivity index (χ0n) is 11.7. The minimum absolute atomic E-state index is 0. The molecule has 111 valence electrons. The van der Waals surface area contributed by atoms with E-state index in [9.17, 15) is 0 Å². The second-order valence-corrected chi connectivity index (χ2v) is 4.78. The summed E-state index contributed by atoms with van der Waals surface area (Å²) in [5.41, 5.74) is 3.17. The number of para-hydroxylation sites is 2. The molecule has 0 unspecified atom stereocenters. The zero-order valence-corrected chi connectivity index (χ0v) is 14.1. The van der Waals surface area contributed by atoms with Crippen LogP contribution in [0.5, 0.6) is 0 Å². The predicted octanol–water partition coefficient (Wildman–Crippen LogP) is 4.29. The molecule has 2 aromatic carbocycles. The first-order chi connectivity index (χ1) is 10.4. The van der Waals surface area contributed by atoms with Gasteiger partial charge in [-0.05, 0) is 24.3 Å². The smallest absolute Gasteiger partial charge is 0.124 e. The maximum absolute atomic E-state index is 4.53. The Bertz CT molecular complexity index is 682. The van der Waals surface area contributed by atoms with E-state index in [1.54, 1.807) is 0 Å². The van der Waals surface area contributed by atoms with E-state index >= 15 is 0 Å². The molecule has 0 saturated heterocycles. The van der Waals surface area contributed by atoms with Gasteiger partial charge in [0.1, 0.15) is 5.82 Å². The summed E-state index contributed by atoms with van der Waals surface area (Å²) in [6, 6.07) is 25.5. The third kappa shape index (κ3) is 2.52. The summed E-state index contributed by atoms with van der Waals surface area (Å²) in [7, 11) is 0. The molecule has 22 heavy (non-hydrogen) atoms. The second kappa shape index (κ2) is 6.30. The fourth-order valence-corrected chi connectivity index (χ4v) is 2.50. The molecule has 0 bridgehead atoms. The van der Waals surface area contributed by atoms with Gasteiger partial charge >= 0.3 is 0 Å². The molecule has 0 amide bonds. The number of nitrogens with zero attached hydrogens (tertiary/aromatic N) is 3. The molecule has 1 aliphatic rings. The van der Waals surface area contributed by atoms with E-state index in [-0.39, 0.29) is 20.1 Å². The van der Waals surface area contributed by atoms with Crippen molar-refractivity contribution in [3.05, 3.63) is 85.7 Å². The van der Waals surface area contributed by atoms with Crippen LogP contribution < -0.4 is 9.80 Å². The largest absolute Gasteiger partial charge is 0.478 e. The molecular weight excluding hydrogens is 450 g/mol. The van der Waals surface area contributed by atoms with E-state index in [1.807, 2.05) is 54.7 Å². The van der Waals surface area contributed by atoms with Crippen molar-refractivity contribution < 1.29 is 20.1 Å². The van der Waals surface area contributed by atoms with E-state index in [0.717, 1.165) is 22.9 Å². The van der Waals surface area contributed by atoms with Gasteiger partial charge < -0.3 is 9.80 Å². The normalized spacial score (nSPS) is 12.7. The second-order valence-electron chi connectivity index (χ2n) is 4.78. The summed E-state index contributed by atoms with van der Waals surface area (Å²) >= 11 is 0. The van der Waals surface area contributed by atoms with E-state index in [0.29, 0.717) is 0 Å². The Balaban J connectivity index is 0.00000144. The number of rotatable bonds is 2. The first-order valence-corrected chi connectivity index (χ1v) is 6.84. The molecule has 0 atom stereocenters. The maximum Gasteiger partial charge on any atom is 0.124 e. The summed E-state index contributed by atoms with van der Waals surface area (Å²) in [6.07, 6.45) is 1.82. The Labute approximate surface area is 143 Å². The van der Waals surface area contributed by atoms with Crippen molar-refractivity contribution in [2.24, 2.45) is 0 Å². The Morgan fingerprint density at radius 1 is 0.864 bits per heavy atom. The van der Waals surface area contributed by atoms with Crippen molar-refractivity contribution in [2.75, 3.05) is 9.80 Å². The zero-order chi connectivity index (χ0) is 14.1. The summed E-state index contributed by atoms with van der Waals surface area (Å²) in [5.74, 6) is 0.920. The number of pyridine rings is 1. The number of anilines is 4. The van der Waals surface area contributed by atoms with Gasteiger partial charge in [0.05, 0.1) is 5.69 Å². The van der Waals surface area contributed by atoms with Crippen LogP contribution in [0.1, 0.15) is 0 Å². The molecule has 4 rings (SSSR count). The van der Waals surface area contributed by atoms with Gasteiger partial charge in [-0.25, -0.2) is 4.98 Å². The van der Waals surface area contributed by atoms with Crippen LogP contribution in [0.25, 0.3) is 0 Å². The fourth-order valence-electron chi connectivity index (χ4n) is 2.50. The Hall–Kier alpha value is -2.16. The van der Waals surface area contributed by atoms with E-state index in [4.69, 9.17) is 0 Å². The van der Waals surface area contributed by atoms with Gasteiger partial charge in [0.15, 0.2) is 0 Å². The van der Waals surface area contributed by atoms with Crippen LogP contribution in [0.2, 0.25) is 0 Å². The van der Waals surface area contributed by atoms with Crippen molar-refractivity contribution in [1.29, 1.82) is 0 Å². The SMILES string of the molecule is [Ir].[c-]1ccccc1N1[CH-]N(c2ccccc2)c2cccnc21. The summed E-state index contributed by atoms with van der Waals surface area (Å²) in [4.78, 5) is 8.73. The van der Waals surface area contributed by atoms with Crippen LogP contribution in [0, 0.1) is 12.7 Å². The molecule has 3 aromatic rings. The maximum atomic E-state index is 4.53. The van der Waals surface area contributed by atoms with Crippen LogP contribution in [-0.4, -0.2) is 4.98 Å². The molecular formula is C18H13IrN3-2. The van der Waals surface area contributed by atoms with Gasteiger partial charge in [0.25, 0.3) is 0 Å². The van der Waals surface area contributed by atoms with Crippen molar-refractivity contribution in [1.82, 2.24) is 4.98 Å². The molecule has 0 saturated carbocycles. The monoisotopic (exact) mass is 464 g/mol. The molecule has 1 radical (unpaired) electrons. The van der Waals surface area contributed by atoms with Gasteiger partial charge in [0, 0.05) is 32.0 Å². The number of hydrogen-bond acceptors (Lipinski definition) is 3. The summed E-state index contributed by atoms with van der Waals surface area (Å²) in [6.45, 7) is 2.05. The van der Waals surface area contributed by atoms with Crippen LogP contribution in [0.15, 0.2) is 72.9 Å². The first kappa shape index (κ1) is 14.8. The third-order valence-electron chi connectivity index (χ3n) is 3.47. The van der Waals surface area contributed by atoms with Gasteiger partial charge in [-0.3, -0.25) is 0 Å². The molecule has 0 N–H and O–H groups in total. The number of benzene rings is 2. The van der Waals surface area contributed by atoms with Gasteiger partial charge in [-0.1, -0.05) is 18.2 Å². The van der Waals surface area contributed by atoms with Crippen LogP contribution in [-0.2, 0) is 20.1 Å². The first-order valence-electron chi connectivity index (χ1n) is 6.84. The molecule has 1 aliphatic heterocycles. The van der Waals surface area contributed by atoms with Crippen molar-refractivity contribution in [2.45, 2.75) is 0 Å². The Kier molecular flexibility index (Phi) is 4.23. The molecule has 3 nitrogen and oxygen atoms in total. The molecule has 0 aliphatic carbocycles. The van der Waals surface area contributed by atoms with Gasteiger partial charge in [0.2, 0.25) is 0 Å². The Morgan fingerprint density at radius 2 is 1.68 bits per heavy atom. The predicted molar refractivity (Wildman–Crippen MR) is 84.5 cm³/mol. The number of hydrogen-bond donors (Lipinski definition) is 0. The molecule has 4 heteroatoms. The van der Waals surface area contributed by atoms with Crippen molar-refractivity contribution in [3.8, 4) is 0 Å². The molecule has 2 heterocycles. The van der Waals surface area contributed by atoms with Crippen LogP contribution in [0.4, 0.5) is 22.9 Å². The Morgan fingerprint density at radius 3 is 2.45 bits per heavy atom. The molecule has 1 aromatic heterocycles. The average Bonchev–Trinajstić information content (AvgIpc) is 2.96. The minimum Gasteiger partial charge on any atom is -0.478 e. The van der Waals surface area contributed by atoms with E-state index in [2.05, 4.69) is 45.7 Å². The fraction of sp³-hybridized carbons (Fsp3) is 0. The van der Waals surface area contributed by atoms with Crippen LogP contribution in [0.3, 0.4) is 0 Å². The molecule has 0 fully saturated rings. The van der Waals surface area contributed by atoms with E-state index < -0.39 is 0 Å². The van der Waals surface area contributed by atoms with Crippen molar-refractivity contribution in [3.63, 3.8) is 0 Å². The van der Waals surface area contributed by atoms with Crippen molar-refractivity contribution >= 4 is 22.9 Å². The quantitative estimate of drug-likeness (QED) is 0.529. The number of fused-ring (bicyclic) bond motifs is 1. The van der Waals surface area contributed by atoms with Gasteiger partial charge in [-0.2, -0.15) is 30.3 Å². The topological polar surface area (TPSA) is 19.4 Å². The van der Waals surface area contributed by atoms with Crippen LogP contribution >= 0.6 is 0 Å². The molecule has 0 spiro atoms. The third-order valence-corrected chi connectivity index (χ3v) is 3.47. The van der Waals surface area contributed by atoms with E-state index in [1.165, 1.54) is 0 Å². The standard InChI is InChI=1S/C18H13N3.Ir/c1-3-8-15(9-4-1)20-14-21(16-10-5-2-6-11-16)18-17(20)12-7-13-19-18;/h1-10,12-14H;/q-2;. The number of aromatic nitrogens is 1. The average molecular weight is 464 g/mol. The minimum atomic E-state index is 0. The summed E-state index contributed by atoms with van der Waals surface area (Å²) in [5, 5.41) is 0.